The van der Waals surface area contributed by atoms with Crippen molar-refractivity contribution in [1.82, 2.24) is 0 Å². The molecule has 0 aliphatic rings. The highest BCUT2D eigenvalue weighted by molar-refractivity contribution is 7.85. The molecule has 13 heavy (non-hydrogen) atoms. The predicted molar refractivity (Wildman–Crippen MR) is 53.9 cm³/mol. The third kappa shape index (κ3) is 9.04. The van der Waals surface area contributed by atoms with Gasteiger partial charge in [0, 0.05) is 0 Å². The molecule has 0 rings (SSSR count). The van der Waals surface area contributed by atoms with Crippen molar-refractivity contribution in [2.24, 2.45) is 0 Å². The quantitative estimate of drug-likeness (QED) is 0.486. The van der Waals surface area contributed by atoms with E-state index in [2.05, 4.69) is 17.3 Å². The largest absolute Gasteiger partial charge is 0.270 e. The summed E-state index contributed by atoms with van der Waals surface area (Å²) in [4.78, 5) is 0. The van der Waals surface area contributed by atoms with E-state index in [0.717, 1.165) is 11.8 Å². The van der Waals surface area contributed by atoms with E-state index < -0.39 is 10.1 Å². The van der Waals surface area contributed by atoms with Crippen LogP contribution in [0.2, 0.25) is 0 Å². The van der Waals surface area contributed by atoms with Crippen LogP contribution >= 0.6 is 0 Å². The standard InChI is InChI=1S/C9H14O3S/c1-4-5-6-9(2)7-8-12-13(3,10)11/h4-6H,1-2,7-8H2,3H3/b6-5-. The van der Waals surface area contributed by atoms with E-state index in [4.69, 9.17) is 0 Å². The molecule has 0 aromatic heterocycles. The van der Waals surface area contributed by atoms with Crippen LogP contribution in [0.4, 0.5) is 0 Å². The lowest BCUT2D eigenvalue weighted by molar-refractivity contribution is 0.326. The Labute approximate surface area is 79.5 Å². The van der Waals surface area contributed by atoms with Gasteiger partial charge in [0.25, 0.3) is 10.1 Å². The summed E-state index contributed by atoms with van der Waals surface area (Å²) in [5, 5.41) is 0. The molecule has 0 saturated heterocycles. The van der Waals surface area contributed by atoms with Gasteiger partial charge >= 0.3 is 0 Å². The van der Waals surface area contributed by atoms with E-state index in [1.165, 1.54) is 0 Å². The van der Waals surface area contributed by atoms with Gasteiger partial charge in [0.2, 0.25) is 0 Å². The molecule has 0 unspecified atom stereocenters. The molecule has 0 amide bonds. The van der Waals surface area contributed by atoms with Crippen molar-refractivity contribution in [2.45, 2.75) is 6.42 Å². The third-order valence-electron chi connectivity index (χ3n) is 1.19. The van der Waals surface area contributed by atoms with Gasteiger partial charge in [0.1, 0.15) is 0 Å². The number of hydrogen-bond donors (Lipinski definition) is 0. The van der Waals surface area contributed by atoms with Gasteiger partial charge < -0.3 is 0 Å². The average molecular weight is 202 g/mol. The summed E-state index contributed by atoms with van der Waals surface area (Å²) in [7, 11) is -3.33. The molecule has 3 nitrogen and oxygen atoms in total. The van der Waals surface area contributed by atoms with Crippen LogP contribution in [0.3, 0.4) is 0 Å². The molecule has 0 aliphatic heterocycles. The van der Waals surface area contributed by atoms with Crippen LogP contribution in [0.1, 0.15) is 6.42 Å². The van der Waals surface area contributed by atoms with Crippen LogP contribution in [0.5, 0.6) is 0 Å². The van der Waals surface area contributed by atoms with Gasteiger partial charge in [-0.2, -0.15) is 8.42 Å². The van der Waals surface area contributed by atoms with E-state index in [-0.39, 0.29) is 6.61 Å². The zero-order valence-electron chi connectivity index (χ0n) is 7.69. The lowest BCUT2D eigenvalue weighted by atomic mass is 10.2. The van der Waals surface area contributed by atoms with E-state index in [0.29, 0.717) is 6.42 Å². The van der Waals surface area contributed by atoms with Crippen LogP contribution in [0.25, 0.3) is 0 Å². The molecule has 0 radical (unpaired) electrons. The molecule has 0 spiro atoms. The average Bonchev–Trinajstić information content (AvgIpc) is 1.98. The molecular weight excluding hydrogens is 188 g/mol. The maximum absolute atomic E-state index is 10.5. The second kappa shape index (κ2) is 5.72. The Morgan fingerprint density at radius 2 is 2.15 bits per heavy atom. The molecule has 0 heterocycles. The SMILES string of the molecule is C=C/C=C\C(=C)CCOS(C)(=O)=O. The van der Waals surface area contributed by atoms with Gasteiger partial charge in [-0.1, -0.05) is 37.0 Å². The molecular formula is C9H14O3S. The Morgan fingerprint density at radius 3 is 2.62 bits per heavy atom. The topological polar surface area (TPSA) is 43.4 Å². The minimum atomic E-state index is -3.33. The monoisotopic (exact) mass is 202 g/mol. The molecule has 0 fully saturated rings. The highest BCUT2D eigenvalue weighted by atomic mass is 32.2. The predicted octanol–water partition coefficient (Wildman–Crippen LogP) is 1.65. The van der Waals surface area contributed by atoms with E-state index >= 15 is 0 Å². The lowest BCUT2D eigenvalue weighted by Gasteiger charge is -2.00. The van der Waals surface area contributed by atoms with Crippen LogP contribution in [-0.4, -0.2) is 21.3 Å². The van der Waals surface area contributed by atoms with Gasteiger partial charge in [-0.3, -0.25) is 4.18 Å². The Hall–Kier alpha value is -0.870. The molecule has 0 aromatic rings. The third-order valence-corrected chi connectivity index (χ3v) is 1.78. The van der Waals surface area contributed by atoms with Crippen molar-refractivity contribution < 1.29 is 12.6 Å². The van der Waals surface area contributed by atoms with Gasteiger partial charge in [-0.05, 0) is 6.42 Å². The summed E-state index contributed by atoms with van der Waals surface area (Å²) in [6.45, 7) is 7.34. The lowest BCUT2D eigenvalue weighted by Crippen LogP contribution is -2.04. The maximum atomic E-state index is 10.5. The second-order valence-electron chi connectivity index (χ2n) is 2.53. The summed E-state index contributed by atoms with van der Waals surface area (Å²) in [6.07, 6.45) is 6.65. The van der Waals surface area contributed by atoms with E-state index in [1.807, 2.05) is 0 Å². The summed E-state index contributed by atoms with van der Waals surface area (Å²) >= 11 is 0. The molecule has 0 bridgehead atoms. The van der Waals surface area contributed by atoms with E-state index in [9.17, 15) is 8.42 Å². The highest BCUT2D eigenvalue weighted by Gasteiger charge is 2.00. The van der Waals surface area contributed by atoms with Gasteiger partial charge in [-0.25, -0.2) is 0 Å². The number of rotatable bonds is 6. The Kier molecular flexibility index (Phi) is 5.34. The molecule has 0 atom stereocenters. The second-order valence-corrected chi connectivity index (χ2v) is 4.17. The number of allylic oxidation sites excluding steroid dienone is 3. The van der Waals surface area contributed by atoms with Crippen LogP contribution < -0.4 is 0 Å². The molecule has 0 N–H and O–H groups in total. The molecule has 4 heteroatoms. The fourth-order valence-corrected chi connectivity index (χ4v) is 0.998. The summed E-state index contributed by atoms with van der Waals surface area (Å²) in [5.74, 6) is 0. The summed E-state index contributed by atoms with van der Waals surface area (Å²) in [6, 6.07) is 0. The van der Waals surface area contributed by atoms with Crippen molar-refractivity contribution in [3.8, 4) is 0 Å². The van der Waals surface area contributed by atoms with Crippen LogP contribution in [0, 0.1) is 0 Å². The summed E-state index contributed by atoms with van der Waals surface area (Å²) in [5.41, 5.74) is 0.809. The van der Waals surface area contributed by atoms with Gasteiger partial charge in [-0.15, -0.1) is 0 Å². The molecule has 0 saturated carbocycles. The van der Waals surface area contributed by atoms with Crippen molar-refractivity contribution in [1.29, 1.82) is 0 Å². The Morgan fingerprint density at radius 1 is 1.54 bits per heavy atom. The fourth-order valence-electron chi connectivity index (χ4n) is 0.612. The normalized spacial score (nSPS) is 11.8. The van der Waals surface area contributed by atoms with Gasteiger partial charge in [0.05, 0.1) is 12.9 Å². The van der Waals surface area contributed by atoms with Crippen LogP contribution in [-0.2, 0) is 14.3 Å². The van der Waals surface area contributed by atoms with Crippen molar-refractivity contribution in [3.63, 3.8) is 0 Å². The van der Waals surface area contributed by atoms with Crippen LogP contribution in [0.15, 0.2) is 37.0 Å². The first-order valence-corrected chi connectivity index (χ1v) is 5.58. The Balaban J connectivity index is 3.72. The minimum Gasteiger partial charge on any atom is -0.270 e. The first-order valence-electron chi connectivity index (χ1n) is 3.77. The summed E-state index contributed by atoms with van der Waals surface area (Å²) < 4.78 is 25.6. The molecule has 74 valence electrons. The molecule has 0 aromatic carbocycles. The van der Waals surface area contributed by atoms with Crippen molar-refractivity contribution >= 4 is 10.1 Å². The van der Waals surface area contributed by atoms with E-state index in [1.54, 1.807) is 18.2 Å². The van der Waals surface area contributed by atoms with Crippen molar-refractivity contribution in [2.75, 3.05) is 12.9 Å². The first kappa shape index (κ1) is 12.1. The fraction of sp³-hybridized carbons (Fsp3) is 0.333. The highest BCUT2D eigenvalue weighted by Crippen LogP contribution is 2.01. The zero-order chi connectivity index (χ0) is 10.3. The number of hydrogen-bond acceptors (Lipinski definition) is 3. The van der Waals surface area contributed by atoms with Gasteiger partial charge in [0.15, 0.2) is 0 Å². The minimum absolute atomic E-state index is 0.138. The first-order chi connectivity index (χ1) is 5.95. The Bertz CT molecular complexity index is 299. The zero-order valence-corrected chi connectivity index (χ0v) is 8.51. The van der Waals surface area contributed by atoms with Crippen molar-refractivity contribution in [3.05, 3.63) is 37.0 Å². The smallest absolute Gasteiger partial charge is 0.264 e. The molecule has 0 aliphatic carbocycles. The maximum Gasteiger partial charge on any atom is 0.264 e.